The Morgan fingerprint density at radius 3 is 2.28 bits per heavy atom. The molecule has 0 fully saturated rings. The number of hydrogen-bond acceptors (Lipinski definition) is 3. The van der Waals surface area contributed by atoms with Gasteiger partial charge in [0.2, 0.25) is 6.23 Å². The fraction of sp³-hybridized carbons (Fsp3) is 0.208. The number of rotatable bonds is 2. The maximum absolute atomic E-state index is 6.52. The minimum atomic E-state index is -0.338. The number of benzene rings is 3. The van der Waals surface area contributed by atoms with Crippen molar-refractivity contribution in [3.63, 3.8) is 0 Å². The van der Waals surface area contributed by atoms with E-state index in [1.165, 1.54) is 11.1 Å². The fourth-order valence-electron chi connectivity index (χ4n) is 3.99. The summed E-state index contributed by atoms with van der Waals surface area (Å²) < 4.78 is 6.39. The predicted octanol–water partition coefficient (Wildman–Crippen LogP) is 6.85. The van der Waals surface area contributed by atoms with Crippen LogP contribution in [0.25, 0.3) is 0 Å². The minimum absolute atomic E-state index is 0.0255. The monoisotopic (exact) mass is 422 g/mol. The molecule has 0 spiro atoms. The van der Waals surface area contributed by atoms with Crippen molar-refractivity contribution in [3.05, 3.63) is 98.5 Å². The highest BCUT2D eigenvalue weighted by Crippen LogP contribution is 2.50. The lowest BCUT2D eigenvalue weighted by Crippen LogP contribution is -2.33. The Balaban J connectivity index is 1.62. The Morgan fingerprint density at radius 1 is 0.931 bits per heavy atom. The first-order valence-electron chi connectivity index (χ1n) is 9.64. The van der Waals surface area contributed by atoms with Gasteiger partial charge < -0.3 is 4.74 Å². The van der Waals surface area contributed by atoms with Crippen LogP contribution >= 0.6 is 23.2 Å². The van der Waals surface area contributed by atoms with E-state index in [9.17, 15) is 0 Å². The SMILES string of the molecule is Cc1ccc(C2=NN3[C@H](C2)c2cc(Cl)cc(Cl)c2O[C@H]3c2ccc(C)cc2)cc1. The smallest absolute Gasteiger partial charge is 0.213 e. The van der Waals surface area contributed by atoms with Gasteiger partial charge in [-0.15, -0.1) is 0 Å². The van der Waals surface area contributed by atoms with Gasteiger partial charge in [0, 0.05) is 22.6 Å². The van der Waals surface area contributed by atoms with Crippen molar-refractivity contribution in [2.75, 3.05) is 0 Å². The average molecular weight is 423 g/mol. The first kappa shape index (κ1) is 18.5. The number of fused-ring (bicyclic) bond motifs is 3. The van der Waals surface area contributed by atoms with Gasteiger partial charge in [-0.05, 0) is 31.5 Å². The van der Waals surface area contributed by atoms with E-state index < -0.39 is 0 Å². The normalized spacial score (nSPS) is 20.0. The molecule has 0 aromatic heterocycles. The van der Waals surface area contributed by atoms with Crippen molar-refractivity contribution in [3.8, 4) is 5.75 Å². The van der Waals surface area contributed by atoms with E-state index in [0.717, 1.165) is 28.8 Å². The molecule has 0 bridgehead atoms. The van der Waals surface area contributed by atoms with Crippen LogP contribution in [-0.4, -0.2) is 10.7 Å². The third-order valence-corrected chi connectivity index (χ3v) is 6.05. The van der Waals surface area contributed by atoms with Crippen molar-refractivity contribution >= 4 is 28.9 Å². The van der Waals surface area contributed by atoms with Crippen molar-refractivity contribution in [1.29, 1.82) is 0 Å². The van der Waals surface area contributed by atoms with E-state index in [1.54, 1.807) is 6.07 Å². The molecule has 3 aromatic rings. The quantitative estimate of drug-likeness (QED) is 0.450. The second-order valence-electron chi connectivity index (χ2n) is 7.70. The summed E-state index contributed by atoms with van der Waals surface area (Å²) in [5.74, 6) is 0.697. The van der Waals surface area contributed by atoms with Crippen LogP contribution in [0.4, 0.5) is 0 Å². The first-order valence-corrected chi connectivity index (χ1v) is 10.4. The molecule has 2 atom stereocenters. The fourth-order valence-corrected chi connectivity index (χ4v) is 4.54. The molecule has 3 aromatic carbocycles. The molecule has 0 amide bonds. The number of nitrogens with zero attached hydrogens (tertiary/aromatic N) is 2. The first-order chi connectivity index (χ1) is 14.0. The van der Waals surface area contributed by atoms with E-state index in [-0.39, 0.29) is 12.3 Å². The molecule has 3 nitrogen and oxygen atoms in total. The standard InChI is InChI=1S/C24H20Cl2N2O/c1-14-3-7-16(8-4-14)21-13-22-19-11-18(25)12-20(26)23(19)29-24(28(22)27-21)17-9-5-15(2)6-10-17/h3-12,22,24H,13H2,1-2H3/t22-,24+/m1/s1. The van der Waals surface area contributed by atoms with Crippen LogP contribution in [0, 0.1) is 13.8 Å². The van der Waals surface area contributed by atoms with Crippen LogP contribution in [0.5, 0.6) is 5.75 Å². The Hall–Kier alpha value is -2.49. The third kappa shape index (κ3) is 3.29. The largest absolute Gasteiger partial charge is 0.463 e. The molecule has 0 aliphatic carbocycles. The van der Waals surface area contributed by atoms with Crippen molar-refractivity contribution < 1.29 is 4.74 Å². The highest BCUT2D eigenvalue weighted by molar-refractivity contribution is 6.35. The highest BCUT2D eigenvalue weighted by Gasteiger charge is 2.42. The van der Waals surface area contributed by atoms with Crippen LogP contribution < -0.4 is 4.74 Å². The van der Waals surface area contributed by atoms with E-state index in [2.05, 4.69) is 67.4 Å². The predicted molar refractivity (Wildman–Crippen MR) is 118 cm³/mol. The summed E-state index contributed by atoms with van der Waals surface area (Å²) in [4.78, 5) is 0. The number of hydrogen-bond donors (Lipinski definition) is 0. The molecule has 0 saturated carbocycles. The lowest BCUT2D eigenvalue weighted by Gasteiger charge is -2.38. The van der Waals surface area contributed by atoms with Gasteiger partial charge in [0.1, 0.15) is 5.75 Å². The van der Waals surface area contributed by atoms with Crippen LogP contribution in [0.3, 0.4) is 0 Å². The van der Waals surface area contributed by atoms with Gasteiger partial charge in [-0.1, -0.05) is 82.9 Å². The zero-order valence-electron chi connectivity index (χ0n) is 16.2. The van der Waals surface area contributed by atoms with E-state index in [1.807, 2.05) is 6.07 Å². The summed E-state index contributed by atoms with van der Waals surface area (Å²) in [6.07, 6.45) is 0.438. The molecule has 29 heavy (non-hydrogen) atoms. The highest BCUT2D eigenvalue weighted by atomic mass is 35.5. The van der Waals surface area contributed by atoms with Crippen molar-refractivity contribution in [2.45, 2.75) is 32.5 Å². The Bertz CT molecular complexity index is 1110. The van der Waals surface area contributed by atoms with Crippen LogP contribution in [0.2, 0.25) is 10.0 Å². The maximum Gasteiger partial charge on any atom is 0.213 e. The number of hydrazone groups is 1. The molecule has 2 aliphatic heterocycles. The molecule has 0 saturated heterocycles. The molecule has 0 N–H and O–H groups in total. The van der Waals surface area contributed by atoms with Gasteiger partial charge in [0.25, 0.3) is 0 Å². The van der Waals surface area contributed by atoms with Crippen LogP contribution in [0.1, 0.15) is 46.5 Å². The van der Waals surface area contributed by atoms with Gasteiger partial charge in [0.05, 0.1) is 16.8 Å². The number of halogens is 2. The number of aryl methyl sites for hydroxylation is 2. The second kappa shape index (κ2) is 7.08. The third-order valence-electron chi connectivity index (χ3n) is 5.56. The Kier molecular flexibility index (Phi) is 4.53. The molecule has 2 heterocycles. The van der Waals surface area contributed by atoms with Gasteiger partial charge in [0.15, 0.2) is 0 Å². The number of ether oxygens (including phenoxy) is 1. The molecular formula is C24H20Cl2N2O. The van der Waals surface area contributed by atoms with E-state index in [4.69, 9.17) is 33.0 Å². The molecular weight excluding hydrogens is 403 g/mol. The topological polar surface area (TPSA) is 24.8 Å². The summed E-state index contributed by atoms with van der Waals surface area (Å²) in [6.45, 7) is 4.16. The summed E-state index contributed by atoms with van der Waals surface area (Å²) in [6, 6.07) is 20.5. The average Bonchev–Trinajstić information content (AvgIpc) is 3.14. The van der Waals surface area contributed by atoms with Crippen molar-refractivity contribution in [2.24, 2.45) is 5.10 Å². The zero-order valence-corrected chi connectivity index (χ0v) is 17.7. The van der Waals surface area contributed by atoms with Crippen LogP contribution in [-0.2, 0) is 0 Å². The molecule has 0 radical (unpaired) electrons. The molecule has 146 valence electrons. The molecule has 2 aliphatic rings. The molecule has 0 unspecified atom stereocenters. The van der Waals surface area contributed by atoms with Gasteiger partial charge in [-0.2, -0.15) is 5.10 Å². The van der Waals surface area contributed by atoms with E-state index >= 15 is 0 Å². The summed E-state index contributed by atoms with van der Waals surface area (Å²) in [5, 5.41) is 8.18. The van der Waals surface area contributed by atoms with Crippen molar-refractivity contribution in [1.82, 2.24) is 5.01 Å². The molecule has 5 heteroatoms. The van der Waals surface area contributed by atoms with Gasteiger partial charge in [-0.25, -0.2) is 5.01 Å². The second-order valence-corrected chi connectivity index (χ2v) is 8.54. The summed E-state index contributed by atoms with van der Waals surface area (Å²) in [7, 11) is 0. The molecule has 5 rings (SSSR count). The van der Waals surface area contributed by atoms with E-state index in [0.29, 0.717) is 15.8 Å². The minimum Gasteiger partial charge on any atom is -0.463 e. The van der Waals surface area contributed by atoms with Gasteiger partial charge in [-0.3, -0.25) is 0 Å². The maximum atomic E-state index is 6.52. The summed E-state index contributed by atoms with van der Waals surface area (Å²) >= 11 is 12.8. The van der Waals surface area contributed by atoms with Crippen LogP contribution in [0.15, 0.2) is 65.8 Å². The Morgan fingerprint density at radius 2 is 1.59 bits per heavy atom. The lowest BCUT2D eigenvalue weighted by atomic mass is 9.95. The Labute approximate surface area is 180 Å². The summed E-state index contributed by atoms with van der Waals surface area (Å²) in [5.41, 5.74) is 6.64. The zero-order chi connectivity index (χ0) is 20.1. The lowest BCUT2D eigenvalue weighted by molar-refractivity contribution is -0.0189. The van der Waals surface area contributed by atoms with Gasteiger partial charge >= 0.3 is 0 Å².